The molecule has 1 atom stereocenters. The Kier molecular flexibility index (Phi) is 4.11. The standard InChI is InChI=1S/C14H21N3O3/c1-8-4-9(2)17(16-8)10(3)5-13(18)15-12-6-11(7-12)14(19)20/h4,10-12H,5-7H2,1-3H3,(H,15,18)(H,19,20). The lowest BCUT2D eigenvalue weighted by Gasteiger charge is -2.33. The highest BCUT2D eigenvalue weighted by atomic mass is 16.4. The molecule has 0 aromatic carbocycles. The molecule has 0 saturated heterocycles. The lowest BCUT2D eigenvalue weighted by molar-refractivity contribution is -0.146. The van der Waals surface area contributed by atoms with Crippen LogP contribution in [0.3, 0.4) is 0 Å². The number of hydrogen-bond acceptors (Lipinski definition) is 3. The lowest BCUT2D eigenvalue weighted by Crippen LogP contribution is -2.47. The molecule has 110 valence electrons. The molecule has 1 saturated carbocycles. The minimum atomic E-state index is -0.772. The van der Waals surface area contributed by atoms with Crippen molar-refractivity contribution in [1.82, 2.24) is 15.1 Å². The second-order valence-electron chi connectivity index (χ2n) is 5.70. The monoisotopic (exact) mass is 279 g/mol. The number of carbonyl (C=O) groups is 2. The Morgan fingerprint density at radius 2 is 2.15 bits per heavy atom. The van der Waals surface area contributed by atoms with E-state index in [9.17, 15) is 9.59 Å². The smallest absolute Gasteiger partial charge is 0.306 e. The molecule has 0 spiro atoms. The molecule has 1 aromatic heterocycles. The van der Waals surface area contributed by atoms with Crippen LogP contribution in [0.4, 0.5) is 0 Å². The molecule has 2 N–H and O–H groups in total. The normalized spacial score (nSPS) is 22.9. The predicted octanol–water partition coefficient (Wildman–Crippen LogP) is 1.43. The van der Waals surface area contributed by atoms with Gasteiger partial charge in [0.1, 0.15) is 0 Å². The summed E-state index contributed by atoms with van der Waals surface area (Å²) < 4.78 is 1.86. The molecular weight excluding hydrogens is 258 g/mol. The maximum atomic E-state index is 11.9. The van der Waals surface area contributed by atoms with E-state index in [2.05, 4.69) is 10.4 Å². The molecule has 1 aliphatic rings. The van der Waals surface area contributed by atoms with Crippen molar-refractivity contribution in [2.45, 2.75) is 52.1 Å². The van der Waals surface area contributed by atoms with Gasteiger partial charge in [-0.25, -0.2) is 0 Å². The zero-order valence-corrected chi connectivity index (χ0v) is 12.1. The van der Waals surface area contributed by atoms with Crippen molar-refractivity contribution in [2.75, 3.05) is 0 Å². The molecule has 20 heavy (non-hydrogen) atoms. The van der Waals surface area contributed by atoms with Gasteiger partial charge in [-0.15, -0.1) is 0 Å². The van der Waals surface area contributed by atoms with E-state index in [1.165, 1.54) is 0 Å². The van der Waals surface area contributed by atoms with Crippen LogP contribution in [-0.4, -0.2) is 32.8 Å². The van der Waals surface area contributed by atoms with Crippen molar-refractivity contribution in [3.05, 3.63) is 17.5 Å². The molecule has 1 heterocycles. The van der Waals surface area contributed by atoms with Crippen molar-refractivity contribution in [2.24, 2.45) is 5.92 Å². The van der Waals surface area contributed by atoms with E-state index in [0.29, 0.717) is 19.3 Å². The van der Waals surface area contributed by atoms with Crippen LogP contribution in [0.1, 0.15) is 43.6 Å². The second kappa shape index (κ2) is 5.64. The first-order valence-corrected chi connectivity index (χ1v) is 6.91. The number of aromatic nitrogens is 2. The first-order valence-electron chi connectivity index (χ1n) is 6.91. The van der Waals surface area contributed by atoms with Crippen LogP contribution in [0, 0.1) is 19.8 Å². The number of carboxylic acids is 1. The zero-order chi connectivity index (χ0) is 14.9. The quantitative estimate of drug-likeness (QED) is 0.854. The summed E-state index contributed by atoms with van der Waals surface area (Å²) in [6.07, 6.45) is 1.43. The fourth-order valence-corrected chi connectivity index (χ4v) is 2.67. The highest BCUT2D eigenvalue weighted by Gasteiger charge is 2.35. The third kappa shape index (κ3) is 3.18. The number of aryl methyl sites for hydroxylation is 2. The SMILES string of the molecule is Cc1cc(C)n(C(C)CC(=O)NC2CC(C(=O)O)C2)n1. The van der Waals surface area contributed by atoms with Crippen molar-refractivity contribution < 1.29 is 14.7 Å². The summed E-state index contributed by atoms with van der Waals surface area (Å²) in [6.45, 7) is 5.86. The molecule has 2 rings (SSSR count). The fraction of sp³-hybridized carbons (Fsp3) is 0.643. The maximum Gasteiger partial charge on any atom is 0.306 e. The molecule has 6 nitrogen and oxygen atoms in total. The Morgan fingerprint density at radius 1 is 1.50 bits per heavy atom. The van der Waals surface area contributed by atoms with E-state index in [0.717, 1.165) is 11.4 Å². The third-order valence-corrected chi connectivity index (χ3v) is 3.80. The van der Waals surface area contributed by atoms with Crippen LogP contribution >= 0.6 is 0 Å². The average Bonchev–Trinajstić information content (AvgIpc) is 2.62. The minimum Gasteiger partial charge on any atom is -0.481 e. The number of carbonyl (C=O) groups excluding carboxylic acids is 1. The van der Waals surface area contributed by atoms with Gasteiger partial charge in [0.05, 0.1) is 17.7 Å². The highest BCUT2D eigenvalue weighted by Crippen LogP contribution is 2.27. The topological polar surface area (TPSA) is 84.2 Å². The molecule has 0 bridgehead atoms. The van der Waals surface area contributed by atoms with Gasteiger partial charge in [-0.05, 0) is 39.7 Å². The van der Waals surface area contributed by atoms with Crippen LogP contribution in [0.2, 0.25) is 0 Å². The molecule has 1 amide bonds. The van der Waals surface area contributed by atoms with Gasteiger partial charge in [-0.1, -0.05) is 0 Å². The predicted molar refractivity (Wildman–Crippen MR) is 73.3 cm³/mol. The summed E-state index contributed by atoms with van der Waals surface area (Å²) in [6, 6.07) is 1.99. The molecule has 0 aliphatic heterocycles. The molecule has 1 unspecified atom stereocenters. The molecule has 1 aliphatic carbocycles. The van der Waals surface area contributed by atoms with Gasteiger partial charge in [0, 0.05) is 18.2 Å². The van der Waals surface area contributed by atoms with Gasteiger partial charge < -0.3 is 10.4 Å². The Balaban J connectivity index is 1.80. The molecular formula is C14H21N3O3. The van der Waals surface area contributed by atoms with E-state index in [-0.39, 0.29) is 23.9 Å². The summed E-state index contributed by atoms with van der Waals surface area (Å²) in [5, 5.41) is 16.0. The van der Waals surface area contributed by atoms with Crippen LogP contribution in [-0.2, 0) is 9.59 Å². The highest BCUT2D eigenvalue weighted by molar-refractivity contribution is 5.77. The lowest BCUT2D eigenvalue weighted by atomic mass is 9.80. The molecule has 6 heteroatoms. The van der Waals surface area contributed by atoms with Crippen molar-refractivity contribution in [3.8, 4) is 0 Å². The summed E-state index contributed by atoms with van der Waals surface area (Å²) in [5.41, 5.74) is 1.98. The summed E-state index contributed by atoms with van der Waals surface area (Å²) in [5.74, 6) is -1.11. The Bertz CT molecular complexity index is 518. The minimum absolute atomic E-state index is 0.000882. The van der Waals surface area contributed by atoms with Crippen molar-refractivity contribution >= 4 is 11.9 Å². The first-order chi connectivity index (χ1) is 9.36. The number of amides is 1. The van der Waals surface area contributed by atoms with Gasteiger partial charge in [-0.2, -0.15) is 5.10 Å². The number of hydrogen-bond donors (Lipinski definition) is 2. The third-order valence-electron chi connectivity index (χ3n) is 3.80. The summed E-state index contributed by atoms with van der Waals surface area (Å²) in [4.78, 5) is 22.6. The zero-order valence-electron chi connectivity index (χ0n) is 12.1. The van der Waals surface area contributed by atoms with Crippen molar-refractivity contribution in [3.63, 3.8) is 0 Å². The fourth-order valence-electron chi connectivity index (χ4n) is 2.67. The van der Waals surface area contributed by atoms with Gasteiger partial charge in [0.2, 0.25) is 5.91 Å². The number of nitrogens with zero attached hydrogens (tertiary/aromatic N) is 2. The Hall–Kier alpha value is -1.85. The Labute approximate surface area is 118 Å². The van der Waals surface area contributed by atoms with E-state index in [1.807, 2.05) is 31.5 Å². The summed E-state index contributed by atoms with van der Waals surface area (Å²) >= 11 is 0. The summed E-state index contributed by atoms with van der Waals surface area (Å²) in [7, 11) is 0. The maximum absolute atomic E-state index is 11.9. The van der Waals surface area contributed by atoms with Gasteiger partial charge in [0.25, 0.3) is 0 Å². The van der Waals surface area contributed by atoms with Gasteiger partial charge >= 0.3 is 5.97 Å². The van der Waals surface area contributed by atoms with Crippen molar-refractivity contribution in [1.29, 1.82) is 0 Å². The van der Waals surface area contributed by atoms with Crippen LogP contribution in [0.25, 0.3) is 0 Å². The van der Waals surface area contributed by atoms with E-state index < -0.39 is 5.97 Å². The molecule has 0 radical (unpaired) electrons. The second-order valence-corrected chi connectivity index (χ2v) is 5.70. The first kappa shape index (κ1) is 14.6. The Morgan fingerprint density at radius 3 is 2.65 bits per heavy atom. The largest absolute Gasteiger partial charge is 0.481 e. The van der Waals surface area contributed by atoms with E-state index in [1.54, 1.807) is 0 Å². The molecule has 1 fully saturated rings. The van der Waals surface area contributed by atoms with Gasteiger partial charge in [0.15, 0.2) is 0 Å². The van der Waals surface area contributed by atoms with Crippen LogP contribution in [0.5, 0.6) is 0 Å². The average molecular weight is 279 g/mol. The van der Waals surface area contributed by atoms with Crippen LogP contribution < -0.4 is 5.32 Å². The van der Waals surface area contributed by atoms with E-state index in [4.69, 9.17) is 5.11 Å². The van der Waals surface area contributed by atoms with Crippen LogP contribution in [0.15, 0.2) is 6.07 Å². The molecule has 1 aromatic rings. The number of rotatable bonds is 5. The number of nitrogens with one attached hydrogen (secondary N) is 1. The van der Waals surface area contributed by atoms with Gasteiger partial charge in [-0.3, -0.25) is 14.3 Å². The van der Waals surface area contributed by atoms with E-state index >= 15 is 0 Å². The number of carboxylic acid groups (broad SMARTS) is 1. The number of aliphatic carboxylic acids is 1.